The van der Waals surface area contributed by atoms with Gasteiger partial charge in [-0.05, 0) is 22.0 Å². The highest BCUT2D eigenvalue weighted by Crippen LogP contribution is 2.31. The van der Waals surface area contributed by atoms with Crippen LogP contribution < -0.4 is 4.72 Å². The van der Waals surface area contributed by atoms with Gasteiger partial charge in [-0.1, -0.05) is 0 Å². The average Bonchev–Trinajstić information content (AvgIpc) is 2.96. The maximum Gasteiger partial charge on any atom is 0.345 e. The van der Waals surface area contributed by atoms with Crippen LogP contribution in [0.3, 0.4) is 0 Å². The van der Waals surface area contributed by atoms with Gasteiger partial charge in [0, 0.05) is 32.4 Å². The first-order valence-corrected chi connectivity index (χ1v) is 8.89. The average molecular weight is 394 g/mol. The summed E-state index contributed by atoms with van der Waals surface area (Å²) in [4.78, 5) is 14.9. The normalized spacial score (nSPS) is 11.7. The highest BCUT2D eigenvalue weighted by Gasteiger charge is 2.22. The number of imidazole rings is 1. The minimum atomic E-state index is -3.76. The Labute approximate surface area is 133 Å². The molecule has 0 aromatic carbocycles. The summed E-state index contributed by atoms with van der Waals surface area (Å²) in [6.07, 6.45) is 3.85. The van der Waals surface area contributed by atoms with Crippen LogP contribution in [0.1, 0.15) is 15.5 Å². The Balaban J connectivity index is 2.08. The van der Waals surface area contributed by atoms with E-state index in [0.717, 1.165) is 23.2 Å². The van der Waals surface area contributed by atoms with Gasteiger partial charge in [-0.3, -0.25) is 0 Å². The second kappa shape index (κ2) is 6.26. The molecule has 7 nitrogen and oxygen atoms in total. The predicted molar refractivity (Wildman–Crippen MR) is 81.1 cm³/mol. The standard InChI is InChI=1S/C11H12BrN3O4S2/c1-15-5-4-13-9(15)2-3-14-21(18,19)8-6-7(11(16)17)20-10(8)12/h4-6,14H,2-3H2,1H3,(H,16,17). The number of aromatic nitrogens is 2. The van der Waals surface area contributed by atoms with Crippen LogP contribution in [-0.4, -0.2) is 35.6 Å². The topological polar surface area (TPSA) is 101 Å². The lowest BCUT2D eigenvalue weighted by molar-refractivity contribution is 0.0702. The predicted octanol–water partition coefficient (Wildman–Crippen LogP) is 1.46. The molecule has 0 spiro atoms. The van der Waals surface area contributed by atoms with Crippen LogP contribution in [0.25, 0.3) is 0 Å². The quantitative estimate of drug-likeness (QED) is 0.773. The van der Waals surface area contributed by atoms with E-state index in [2.05, 4.69) is 25.6 Å². The van der Waals surface area contributed by atoms with Crippen LogP contribution in [0.4, 0.5) is 0 Å². The van der Waals surface area contributed by atoms with Crippen LogP contribution in [0.5, 0.6) is 0 Å². The molecule has 0 aliphatic carbocycles. The molecule has 0 bridgehead atoms. The van der Waals surface area contributed by atoms with Gasteiger partial charge in [0.15, 0.2) is 0 Å². The highest BCUT2D eigenvalue weighted by atomic mass is 79.9. The van der Waals surface area contributed by atoms with Gasteiger partial charge >= 0.3 is 5.97 Å². The molecular formula is C11H12BrN3O4S2. The van der Waals surface area contributed by atoms with Crippen molar-refractivity contribution in [3.05, 3.63) is 32.9 Å². The molecule has 2 N–H and O–H groups in total. The van der Waals surface area contributed by atoms with Crippen molar-refractivity contribution in [1.82, 2.24) is 14.3 Å². The molecule has 2 heterocycles. The molecule has 0 unspecified atom stereocenters. The summed E-state index contributed by atoms with van der Waals surface area (Å²) < 4.78 is 28.8. The maximum absolute atomic E-state index is 12.1. The van der Waals surface area contributed by atoms with Crippen LogP contribution >= 0.6 is 27.3 Å². The zero-order valence-corrected chi connectivity index (χ0v) is 14.1. The van der Waals surface area contributed by atoms with Crippen LogP contribution in [-0.2, 0) is 23.5 Å². The Hall–Kier alpha value is -1.23. The first kappa shape index (κ1) is 16.1. The number of rotatable bonds is 6. The van der Waals surface area contributed by atoms with Gasteiger partial charge in [0.1, 0.15) is 15.6 Å². The van der Waals surface area contributed by atoms with Gasteiger partial charge in [-0.2, -0.15) is 0 Å². The van der Waals surface area contributed by atoms with Crippen molar-refractivity contribution in [2.45, 2.75) is 11.3 Å². The minimum absolute atomic E-state index is 0.0358. The molecule has 0 amide bonds. The Bertz CT molecular complexity index is 766. The third kappa shape index (κ3) is 3.70. The fourth-order valence-corrected chi connectivity index (χ4v) is 5.09. The first-order valence-electron chi connectivity index (χ1n) is 5.80. The van der Waals surface area contributed by atoms with Crippen molar-refractivity contribution in [2.24, 2.45) is 7.05 Å². The largest absolute Gasteiger partial charge is 0.477 e. The van der Waals surface area contributed by atoms with E-state index in [9.17, 15) is 13.2 Å². The third-order valence-electron chi connectivity index (χ3n) is 2.72. The molecule has 0 saturated heterocycles. The number of aryl methyl sites for hydroxylation is 1. The summed E-state index contributed by atoms with van der Waals surface area (Å²) in [6.45, 7) is 0.178. The molecule has 2 rings (SSSR count). The van der Waals surface area contributed by atoms with Gasteiger partial charge < -0.3 is 9.67 Å². The Kier molecular flexibility index (Phi) is 4.81. The molecule has 0 radical (unpaired) electrons. The maximum atomic E-state index is 12.1. The van der Waals surface area contributed by atoms with E-state index in [0.29, 0.717) is 6.42 Å². The summed E-state index contributed by atoms with van der Waals surface area (Å²) in [5, 5.41) is 8.88. The number of nitrogens with one attached hydrogen (secondary N) is 1. The fourth-order valence-electron chi connectivity index (χ4n) is 1.65. The Morgan fingerprint density at radius 3 is 2.81 bits per heavy atom. The van der Waals surface area contributed by atoms with Crippen molar-refractivity contribution < 1.29 is 18.3 Å². The van der Waals surface area contributed by atoms with E-state index in [1.54, 1.807) is 17.0 Å². The first-order chi connectivity index (χ1) is 9.81. The number of halogens is 1. The molecule has 0 aliphatic heterocycles. The van der Waals surface area contributed by atoms with E-state index in [1.807, 2.05) is 7.05 Å². The molecule has 2 aromatic rings. The van der Waals surface area contributed by atoms with Crippen LogP contribution in [0.15, 0.2) is 27.1 Å². The van der Waals surface area contributed by atoms with Gasteiger partial charge in [-0.25, -0.2) is 22.9 Å². The molecule has 0 saturated carbocycles. The summed E-state index contributed by atoms with van der Waals surface area (Å²) >= 11 is 3.95. The summed E-state index contributed by atoms with van der Waals surface area (Å²) in [5.74, 6) is -0.400. The van der Waals surface area contributed by atoms with Crippen molar-refractivity contribution in [1.29, 1.82) is 0 Å². The number of carbonyl (C=O) groups is 1. The zero-order valence-electron chi connectivity index (χ0n) is 10.9. The van der Waals surface area contributed by atoms with E-state index in [1.165, 1.54) is 0 Å². The highest BCUT2D eigenvalue weighted by molar-refractivity contribution is 9.11. The summed E-state index contributed by atoms with van der Waals surface area (Å²) in [7, 11) is -1.93. The second-order valence-electron chi connectivity index (χ2n) is 4.16. The zero-order chi connectivity index (χ0) is 15.6. The van der Waals surface area contributed by atoms with Crippen LogP contribution in [0, 0.1) is 0 Å². The van der Waals surface area contributed by atoms with Crippen LogP contribution in [0.2, 0.25) is 0 Å². The van der Waals surface area contributed by atoms with E-state index in [-0.39, 0.29) is 20.1 Å². The lowest BCUT2D eigenvalue weighted by Crippen LogP contribution is -2.26. The Morgan fingerprint density at radius 1 is 1.57 bits per heavy atom. The number of hydrogen-bond donors (Lipinski definition) is 2. The van der Waals surface area contributed by atoms with Crippen molar-refractivity contribution in [3.63, 3.8) is 0 Å². The van der Waals surface area contributed by atoms with Gasteiger partial charge in [0.05, 0.1) is 3.79 Å². The van der Waals surface area contributed by atoms with E-state index in [4.69, 9.17) is 5.11 Å². The number of carboxylic acids is 1. The molecule has 0 aliphatic rings. The summed E-state index contributed by atoms with van der Waals surface area (Å²) in [6, 6.07) is 1.14. The molecule has 0 fully saturated rings. The Morgan fingerprint density at radius 2 is 2.29 bits per heavy atom. The van der Waals surface area contributed by atoms with Gasteiger partial charge in [-0.15, -0.1) is 11.3 Å². The third-order valence-corrected chi connectivity index (χ3v) is 6.42. The number of aromatic carboxylic acids is 1. The van der Waals surface area contributed by atoms with Gasteiger partial charge in [0.2, 0.25) is 10.0 Å². The molecule has 10 heteroatoms. The lowest BCUT2D eigenvalue weighted by atomic mass is 10.4. The van der Waals surface area contributed by atoms with Crippen molar-refractivity contribution in [2.75, 3.05) is 6.54 Å². The molecule has 114 valence electrons. The molecule has 2 aromatic heterocycles. The number of nitrogens with zero attached hydrogens (tertiary/aromatic N) is 2. The number of hydrogen-bond acceptors (Lipinski definition) is 5. The molecular weight excluding hydrogens is 382 g/mol. The van der Waals surface area contributed by atoms with Gasteiger partial charge in [0.25, 0.3) is 0 Å². The van der Waals surface area contributed by atoms with Crippen molar-refractivity contribution >= 4 is 43.3 Å². The SMILES string of the molecule is Cn1ccnc1CCNS(=O)(=O)c1cc(C(=O)O)sc1Br. The lowest BCUT2D eigenvalue weighted by Gasteiger charge is -2.05. The summed E-state index contributed by atoms with van der Waals surface area (Å²) in [5.41, 5.74) is 0. The van der Waals surface area contributed by atoms with Crippen molar-refractivity contribution in [3.8, 4) is 0 Å². The fraction of sp³-hybridized carbons (Fsp3) is 0.273. The number of thiophene rings is 1. The number of carboxylic acid groups (broad SMARTS) is 1. The number of sulfonamides is 1. The monoisotopic (exact) mass is 393 g/mol. The molecule has 21 heavy (non-hydrogen) atoms. The van der Waals surface area contributed by atoms with E-state index >= 15 is 0 Å². The van der Waals surface area contributed by atoms with E-state index < -0.39 is 16.0 Å². The molecule has 0 atom stereocenters. The minimum Gasteiger partial charge on any atom is -0.477 e. The smallest absolute Gasteiger partial charge is 0.345 e. The second-order valence-corrected chi connectivity index (χ2v) is 8.26.